The zero-order valence-electron chi connectivity index (χ0n) is 13.8. The molecule has 1 aliphatic heterocycles. The molecule has 1 saturated heterocycles. The van der Waals surface area contributed by atoms with Crippen LogP contribution in [-0.2, 0) is 11.2 Å². The van der Waals surface area contributed by atoms with Crippen molar-refractivity contribution in [3.05, 3.63) is 29.8 Å². The molecule has 7 heteroatoms. The summed E-state index contributed by atoms with van der Waals surface area (Å²) in [5.41, 5.74) is 0.914. The number of nitrogens with zero attached hydrogens (tertiary/aromatic N) is 3. The summed E-state index contributed by atoms with van der Waals surface area (Å²) in [4.78, 5) is 16.4. The predicted molar refractivity (Wildman–Crippen MR) is 95.7 cm³/mol. The van der Waals surface area contributed by atoms with Crippen LogP contribution in [0.3, 0.4) is 0 Å². The number of ether oxygens (including phenoxy) is 1. The number of nitriles is 1. The molecule has 24 heavy (non-hydrogen) atoms. The Balaban J connectivity index is 1.75. The number of amides is 1. The van der Waals surface area contributed by atoms with Crippen LogP contribution in [0.5, 0.6) is 5.75 Å². The second-order valence-electron chi connectivity index (χ2n) is 5.61. The number of hydrogen-bond acceptors (Lipinski definition) is 5. The van der Waals surface area contributed by atoms with E-state index in [1.54, 1.807) is 7.11 Å². The Kier molecular flexibility index (Phi) is 6.97. The molecule has 0 spiro atoms. The molecule has 1 N–H and O–H groups in total. The lowest BCUT2D eigenvalue weighted by Crippen LogP contribution is -2.52. The van der Waals surface area contributed by atoms with Crippen LogP contribution in [0.2, 0.25) is 0 Å². The molecule has 1 fully saturated rings. The van der Waals surface area contributed by atoms with Crippen molar-refractivity contribution in [2.45, 2.75) is 12.8 Å². The Hall–Kier alpha value is -2.17. The Morgan fingerprint density at radius 3 is 2.54 bits per heavy atom. The molecule has 2 rings (SSSR count). The number of rotatable bonds is 5. The van der Waals surface area contributed by atoms with Crippen LogP contribution in [0.15, 0.2) is 24.3 Å². The summed E-state index contributed by atoms with van der Waals surface area (Å²) >= 11 is 5.34. The number of thiocarbonyl (C=S) groups is 1. The summed E-state index contributed by atoms with van der Waals surface area (Å²) in [7, 11) is 1.61. The maximum atomic E-state index is 12.1. The summed E-state index contributed by atoms with van der Waals surface area (Å²) in [6.45, 7) is 4.05. The molecule has 0 aromatic heterocycles. The molecule has 0 radical (unpaired) electrons. The quantitative estimate of drug-likeness (QED) is 0.807. The largest absolute Gasteiger partial charge is 0.497 e. The molecule has 0 saturated carbocycles. The van der Waals surface area contributed by atoms with Crippen LogP contribution >= 0.6 is 12.2 Å². The third-order valence-electron chi connectivity index (χ3n) is 3.97. The Bertz CT molecular complexity index is 604. The van der Waals surface area contributed by atoms with Crippen molar-refractivity contribution in [3.63, 3.8) is 0 Å². The smallest absolute Gasteiger partial charge is 0.230 e. The van der Waals surface area contributed by atoms with E-state index < -0.39 is 0 Å². The van der Waals surface area contributed by atoms with Gasteiger partial charge in [0.25, 0.3) is 0 Å². The summed E-state index contributed by atoms with van der Waals surface area (Å²) in [5, 5.41) is 11.9. The number of methoxy groups -OCH3 is 1. The third kappa shape index (κ3) is 5.48. The maximum Gasteiger partial charge on any atom is 0.230 e. The second-order valence-corrected chi connectivity index (χ2v) is 6.00. The van der Waals surface area contributed by atoms with Crippen LogP contribution < -0.4 is 10.1 Å². The first-order valence-electron chi connectivity index (χ1n) is 7.93. The first-order chi connectivity index (χ1) is 11.6. The van der Waals surface area contributed by atoms with E-state index >= 15 is 0 Å². The van der Waals surface area contributed by atoms with Gasteiger partial charge in [0, 0.05) is 39.1 Å². The number of piperazine rings is 1. The molecular formula is C17H22N4O2S. The van der Waals surface area contributed by atoms with Gasteiger partial charge in [-0.05, 0) is 29.9 Å². The second kappa shape index (κ2) is 9.21. The molecule has 0 atom stereocenters. The number of benzene rings is 1. The number of hydrogen-bond donors (Lipinski definition) is 1. The highest BCUT2D eigenvalue weighted by atomic mass is 32.1. The minimum absolute atomic E-state index is 0.114. The van der Waals surface area contributed by atoms with E-state index in [0.717, 1.165) is 44.0 Å². The minimum Gasteiger partial charge on any atom is -0.497 e. The summed E-state index contributed by atoms with van der Waals surface area (Å²) < 4.78 is 5.10. The van der Waals surface area contributed by atoms with Crippen LogP contribution in [0.4, 0.5) is 0 Å². The fourth-order valence-electron chi connectivity index (χ4n) is 2.55. The fraction of sp³-hybridized carbons (Fsp3) is 0.471. The summed E-state index contributed by atoms with van der Waals surface area (Å²) in [6, 6.07) is 9.57. The predicted octanol–water partition coefficient (Wildman–Crippen LogP) is 1.17. The van der Waals surface area contributed by atoms with Crippen LogP contribution in [0.25, 0.3) is 0 Å². The highest BCUT2D eigenvalue weighted by molar-refractivity contribution is 7.80. The van der Waals surface area contributed by atoms with E-state index in [0.29, 0.717) is 11.5 Å². The molecule has 0 aliphatic carbocycles. The van der Waals surface area contributed by atoms with Crippen molar-refractivity contribution in [2.24, 2.45) is 0 Å². The molecular weight excluding hydrogens is 324 g/mol. The molecule has 128 valence electrons. The SMILES string of the molecule is COc1ccc(CC(=O)NC(=S)N2CCN(CCC#N)CC2)cc1. The van der Waals surface area contributed by atoms with Crippen molar-refractivity contribution in [1.29, 1.82) is 5.26 Å². The van der Waals surface area contributed by atoms with Crippen molar-refractivity contribution >= 4 is 23.2 Å². The molecule has 0 unspecified atom stereocenters. The first kappa shape index (κ1) is 18.2. The van der Waals surface area contributed by atoms with E-state index in [1.807, 2.05) is 29.2 Å². The van der Waals surface area contributed by atoms with E-state index in [-0.39, 0.29) is 12.3 Å². The minimum atomic E-state index is -0.114. The van der Waals surface area contributed by atoms with Crippen molar-refractivity contribution < 1.29 is 9.53 Å². The van der Waals surface area contributed by atoms with Gasteiger partial charge in [-0.25, -0.2) is 0 Å². The van der Waals surface area contributed by atoms with Gasteiger partial charge >= 0.3 is 0 Å². The lowest BCUT2D eigenvalue weighted by Gasteiger charge is -2.35. The van der Waals surface area contributed by atoms with Gasteiger partial charge in [0.05, 0.1) is 19.6 Å². The number of nitrogens with one attached hydrogen (secondary N) is 1. The molecule has 1 aliphatic rings. The Morgan fingerprint density at radius 1 is 1.29 bits per heavy atom. The normalized spacial score (nSPS) is 14.8. The van der Waals surface area contributed by atoms with Crippen molar-refractivity contribution in [2.75, 3.05) is 39.8 Å². The van der Waals surface area contributed by atoms with Gasteiger partial charge in [-0.2, -0.15) is 5.26 Å². The standard InChI is InChI=1S/C17H22N4O2S/c1-23-15-5-3-14(4-6-15)13-16(22)19-17(24)21-11-9-20(10-12-21)8-2-7-18/h3-6H,2,8-13H2,1H3,(H,19,22,24). The molecule has 1 aromatic carbocycles. The average Bonchev–Trinajstić information content (AvgIpc) is 2.61. The molecule has 0 bridgehead atoms. The highest BCUT2D eigenvalue weighted by Crippen LogP contribution is 2.11. The van der Waals surface area contributed by atoms with Gasteiger partial charge in [0.1, 0.15) is 5.75 Å². The zero-order chi connectivity index (χ0) is 17.4. The molecule has 1 amide bonds. The monoisotopic (exact) mass is 346 g/mol. The molecule has 6 nitrogen and oxygen atoms in total. The summed E-state index contributed by atoms with van der Waals surface area (Å²) in [5.74, 6) is 0.654. The third-order valence-corrected chi connectivity index (χ3v) is 4.33. The Labute approximate surface area is 148 Å². The summed E-state index contributed by atoms with van der Waals surface area (Å²) in [6.07, 6.45) is 0.829. The van der Waals surface area contributed by atoms with Gasteiger partial charge in [-0.15, -0.1) is 0 Å². The van der Waals surface area contributed by atoms with Gasteiger partial charge < -0.3 is 15.0 Å². The fourth-order valence-corrected chi connectivity index (χ4v) is 2.85. The maximum absolute atomic E-state index is 12.1. The zero-order valence-corrected chi connectivity index (χ0v) is 14.6. The van der Waals surface area contributed by atoms with E-state index in [9.17, 15) is 4.79 Å². The topological polar surface area (TPSA) is 68.6 Å². The van der Waals surface area contributed by atoms with Crippen molar-refractivity contribution in [1.82, 2.24) is 15.1 Å². The van der Waals surface area contributed by atoms with E-state index in [1.165, 1.54) is 0 Å². The average molecular weight is 346 g/mol. The van der Waals surface area contributed by atoms with Gasteiger partial charge in [-0.3, -0.25) is 9.69 Å². The van der Waals surface area contributed by atoms with Gasteiger partial charge in [0.15, 0.2) is 5.11 Å². The van der Waals surface area contributed by atoms with Crippen LogP contribution in [-0.4, -0.2) is 60.7 Å². The number of carbonyl (C=O) groups is 1. The Morgan fingerprint density at radius 2 is 1.96 bits per heavy atom. The van der Waals surface area contributed by atoms with E-state index in [2.05, 4.69) is 16.3 Å². The lowest BCUT2D eigenvalue weighted by molar-refractivity contribution is -0.119. The highest BCUT2D eigenvalue weighted by Gasteiger charge is 2.19. The van der Waals surface area contributed by atoms with Gasteiger partial charge in [0.2, 0.25) is 5.91 Å². The molecule has 1 aromatic rings. The van der Waals surface area contributed by atoms with Gasteiger partial charge in [-0.1, -0.05) is 12.1 Å². The van der Waals surface area contributed by atoms with Crippen molar-refractivity contribution in [3.8, 4) is 11.8 Å². The van der Waals surface area contributed by atoms with E-state index in [4.69, 9.17) is 22.2 Å². The molecule has 1 heterocycles. The number of carbonyl (C=O) groups excluding carboxylic acids is 1. The van der Waals surface area contributed by atoms with Crippen LogP contribution in [0.1, 0.15) is 12.0 Å². The first-order valence-corrected chi connectivity index (χ1v) is 8.34. The lowest BCUT2D eigenvalue weighted by atomic mass is 10.1. The van der Waals surface area contributed by atoms with Crippen LogP contribution in [0, 0.1) is 11.3 Å².